The maximum absolute atomic E-state index is 12.2. The van der Waals surface area contributed by atoms with Crippen LogP contribution in [0, 0.1) is 5.92 Å². The molecule has 2 rings (SSSR count). The topological polar surface area (TPSA) is 49.3 Å². The molecule has 20 heavy (non-hydrogen) atoms. The monoisotopic (exact) mass is 295 g/mol. The van der Waals surface area contributed by atoms with Crippen molar-refractivity contribution in [2.24, 2.45) is 5.92 Å². The number of carbonyl (C=O) groups is 1. The van der Waals surface area contributed by atoms with Crippen LogP contribution in [0.2, 0.25) is 5.02 Å². The Bertz CT molecular complexity index is 456. The zero-order chi connectivity index (χ0) is 14.5. The van der Waals surface area contributed by atoms with E-state index in [1.165, 1.54) is 0 Å². The fraction of sp³-hybridized carbons (Fsp3) is 0.562. The summed E-state index contributed by atoms with van der Waals surface area (Å²) < 4.78 is 0. The van der Waals surface area contributed by atoms with Crippen LogP contribution in [0.3, 0.4) is 0 Å². The average Bonchev–Trinajstić information content (AvgIpc) is 2.41. The number of nitrogens with one attached hydrogen (secondary N) is 1. The van der Waals surface area contributed by atoms with Gasteiger partial charge in [-0.05, 0) is 49.8 Å². The first-order valence-electron chi connectivity index (χ1n) is 7.27. The largest absolute Gasteiger partial charge is 0.393 e. The minimum Gasteiger partial charge on any atom is -0.393 e. The summed E-state index contributed by atoms with van der Waals surface area (Å²) in [5.74, 6) is 0.0201. The van der Waals surface area contributed by atoms with Crippen LogP contribution in [0.15, 0.2) is 24.3 Å². The summed E-state index contributed by atoms with van der Waals surface area (Å²) in [4.78, 5) is 12.2. The van der Waals surface area contributed by atoms with Crippen LogP contribution in [0.25, 0.3) is 0 Å². The van der Waals surface area contributed by atoms with Crippen LogP contribution >= 0.6 is 11.6 Å². The molecule has 3 nitrogen and oxygen atoms in total. The van der Waals surface area contributed by atoms with Crippen molar-refractivity contribution in [2.75, 3.05) is 0 Å². The van der Waals surface area contributed by atoms with Gasteiger partial charge in [0.2, 0.25) is 5.91 Å². The van der Waals surface area contributed by atoms with Crippen LogP contribution in [0.1, 0.15) is 38.2 Å². The second-order valence-electron chi connectivity index (χ2n) is 5.75. The van der Waals surface area contributed by atoms with E-state index in [1.807, 2.05) is 31.2 Å². The van der Waals surface area contributed by atoms with E-state index in [-0.39, 0.29) is 24.0 Å². The highest BCUT2D eigenvalue weighted by Gasteiger charge is 2.22. The molecule has 1 unspecified atom stereocenters. The summed E-state index contributed by atoms with van der Waals surface area (Å²) in [6, 6.07) is 7.86. The highest BCUT2D eigenvalue weighted by atomic mass is 35.5. The standard InChI is InChI=1S/C16H22ClNO2/c1-11(9-12-3-2-4-13(17)10-12)16(20)18-14-5-7-15(19)8-6-14/h2-4,10-11,14-15,19H,5-9H2,1H3,(H,18,20). The predicted octanol–water partition coefficient (Wildman–Crippen LogP) is 2.94. The molecule has 0 spiro atoms. The van der Waals surface area contributed by atoms with Crippen LogP contribution in [-0.4, -0.2) is 23.2 Å². The number of hydrogen-bond acceptors (Lipinski definition) is 2. The Morgan fingerprint density at radius 1 is 1.40 bits per heavy atom. The van der Waals surface area contributed by atoms with Gasteiger partial charge in [-0.1, -0.05) is 30.7 Å². The molecule has 1 atom stereocenters. The lowest BCUT2D eigenvalue weighted by atomic mass is 9.92. The molecule has 1 aliphatic rings. The number of rotatable bonds is 4. The smallest absolute Gasteiger partial charge is 0.223 e. The second-order valence-corrected chi connectivity index (χ2v) is 6.19. The molecule has 0 aliphatic heterocycles. The van der Waals surface area contributed by atoms with E-state index in [2.05, 4.69) is 5.32 Å². The minimum absolute atomic E-state index is 0.0692. The first kappa shape index (κ1) is 15.3. The summed E-state index contributed by atoms with van der Waals surface area (Å²) in [6.45, 7) is 1.94. The van der Waals surface area contributed by atoms with Gasteiger partial charge in [0.1, 0.15) is 0 Å². The summed E-state index contributed by atoms with van der Waals surface area (Å²) >= 11 is 5.95. The van der Waals surface area contributed by atoms with Gasteiger partial charge in [0.15, 0.2) is 0 Å². The van der Waals surface area contributed by atoms with E-state index in [0.717, 1.165) is 31.2 Å². The van der Waals surface area contributed by atoms with Crippen molar-refractivity contribution in [1.82, 2.24) is 5.32 Å². The zero-order valence-corrected chi connectivity index (χ0v) is 12.6. The van der Waals surface area contributed by atoms with Crippen molar-refractivity contribution in [3.63, 3.8) is 0 Å². The molecular formula is C16H22ClNO2. The van der Waals surface area contributed by atoms with Gasteiger partial charge < -0.3 is 10.4 Å². The molecule has 1 amide bonds. The molecule has 1 aromatic carbocycles. The second kappa shape index (κ2) is 7.09. The third kappa shape index (κ3) is 4.50. The lowest BCUT2D eigenvalue weighted by molar-refractivity contribution is -0.125. The molecule has 1 aromatic rings. The van der Waals surface area contributed by atoms with Crippen LogP contribution in [-0.2, 0) is 11.2 Å². The quantitative estimate of drug-likeness (QED) is 0.897. The van der Waals surface area contributed by atoms with Gasteiger partial charge in [-0.25, -0.2) is 0 Å². The highest BCUT2D eigenvalue weighted by molar-refractivity contribution is 6.30. The lowest BCUT2D eigenvalue weighted by Crippen LogP contribution is -2.41. The summed E-state index contributed by atoms with van der Waals surface area (Å²) in [6.07, 6.45) is 3.82. The Hall–Kier alpha value is -1.06. The minimum atomic E-state index is -0.188. The predicted molar refractivity (Wildman–Crippen MR) is 80.7 cm³/mol. The van der Waals surface area contributed by atoms with Gasteiger partial charge in [-0.2, -0.15) is 0 Å². The molecule has 110 valence electrons. The Balaban J connectivity index is 1.83. The molecule has 2 N–H and O–H groups in total. The fourth-order valence-corrected chi connectivity index (χ4v) is 2.89. The van der Waals surface area contributed by atoms with E-state index in [0.29, 0.717) is 11.4 Å². The number of amides is 1. The zero-order valence-electron chi connectivity index (χ0n) is 11.8. The Labute approximate surface area is 125 Å². The summed E-state index contributed by atoms with van der Waals surface area (Å²) in [5, 5.41) is 13.3. The van der Waals surface area contributed by atoms with Gasteiger partial charge in [0.05, 0.1) is 6.10 Å². The number of halogens is 1. The maximum Gasteiger partial charge on any atom is 0.223 e. The third-order valence-electron chi connectivity index (χ3n) is 3.92. The number of carbonyl (C=O) groups excluding carboxylic acids is 1. The van der Waals surface area contributed by atoms with E-state index >= 15 is 0 Å². The molecule has 0 bridgehead atoms. The SMILES string of the molecule is CC(Cc1cccc(Cl)c1)C(=O)NC1CCC(O)CC1. The average molecular weight is 296 g/mol. The van der Waals surface area contributed by atoms with E-state index in [4.69, 9.17) is 11.6 Å². The normalized spacial score (nSPS) is 24.1. The molecule has 4 heteroatoms. The first-order valence-corrected chi connectivity index (χ1v) is 7.65. The number of aliphatic hydroxyl groups excluding tert-OH is 1. The van der Waals surface area contributed by atoms with Crippen molar-refractivity contribution >= 4 is 17.5 Å². The number of benzene rings is 1. The summed E-state index contributed by atoms with van der Waals surface area (Å²) in [5.41, 5.74) is 1.08. The Morgan fingerprint density at radius 3 is 2.75 bits per heavy atom. The molecule has 0 radical (unpaired) electrons. The third-order valence-corrected chi connectivity index (χ3v) is 4.16. The number of hydrogen-bond donors (Lipinski definition) is 2. The van der Waals surface area contributed by atoms with Crippen molar-refractivity contribution in [2.45, 2.75) is 51.2 Å². The molecule has 0 aromatic heterocycles. The molecule has 1 aliphatic carbocycles. The fourth-order valence-electron chi connectivity index (χ4n) is 2.67. The molecular weight excluding hydrogens is 274 g/mol. The van der Waals surface area contributed by atoms with Gasteiger partial charge in [0, 0.05) is 17.0 Å². The van der Waals surface area contributed by atoms with E-state index in [1.54, 1.807) is 0 Å². The van der Waals surface area contributed by atoms with E-state index in [9.17, 15) is 9.90 Å². The lowest BCUT2D eigenvalue weighted by Gasteiger charge is -2.27. The Morgan fingerprint density at radius 2 is 2.10 bits per heavy atom. The molecule has 1 saturated carbocycles. The van der Waals surface area contributed by atoms with Crippen molar-refractivity contribution in [3.05, 3.63) is 34.9 Å². The van der Waals surface area contributed by atoms with Crippen molar-refractivity contribution in [3.8, 4) is 0 Å². The first-order chi connectivity index (χ1) is 9.54. The van der Waals surface area contributed by atoms with Gasteiger partial charge in [-0.3, -0.25) is 4.79 Å². The number of aliphatic hydroxyl groups is 1. The van der Waals surface area contributed by atoms with Gasteiger partial charge >= 0.3 is 0 Å². The Kier molecular flexibility index (Phi) is 5.44. The highest BCUT2D eigenvalue weighted by Crippen LogP contribution is 2.19. The van der Waals surface area contributed by atoms with Crippen LogP contribution in [0.5, 0.6) is 0 Å². The van der Waals surface area contributed by atoms with Crippen molar-refractivity contribution in [1.29, 1.82) is 0 Å². The molecule has 1 fully saturated rings. The summed E-state index contributed by atoms with van der Waals surface area (Å²) in [7, 11) is 0. The van der Waals surface area contributed by atoms with Crippen LogP contribution < -0.4 is 5.32 Å². The van der Waals surface area contributed by atoms with Crippen LogP contribution in [0.4, 0.5) is 0 Å². The van der Waals surface area contributed by atoms with Gasteiger partial charge in [-0.15, -0.1) is 0 Å². The van der Waals surface area contributed by atoms with Crippen molar-refractivity contribution < 1.29 is 9.90 Å². The maximum atomic E-state index is 12.2. The molecule has 0 heterocycles. The van der Waals surface area contributed by atoms with E-state index < -0.39 is 0 Å². The van der Waals surface area contributed by atoms with Gasteiger partial charge in [0.25, 0.3) is 0 Å². The molecule has 0 saturated heterocycles.